The number of amides is 1. The van der Waals surface area contributed by atoms with E-state index < -0.39 is 30.5 Å². The lowest BCUT2D eigenvalue weighted by atomic mass is 9.99. The molecule has 0 aliphatic carbocycles. The molecule has 1 heterocycles. The van der Waals surface area contributed by atoms with Crippen LogP contribution < -0.4 is 5.32 Å². The van der Waals surface area contributed by atoms with Gasteiger partial charge in [0.2, 0.25) is 0 Å². The van der Waals surface area contributed by atoms with E-state index in [4.69, 9.17) is 4.74 Å². The Morgan fingerprint density at radius 3 is 2.59 bits per heavy atom. The van der Waals surface area contributed by atoms with E-state index in [1.807, 2.05) is 13.8 Å². The molecule has 2 atom stereocenters. The average Bonchev–Trinajstić information content (AvgIpc) is 2.56. The van der Waals surface area contributed by atoms with Gasteiger partial charge in [-0.25, -0.2) is 14.6 Å². The Bertz CT molecular complexity index is 520. The normalized spacial score (nSPS) is 12.9. The molecule has 8 heteroatoms. The lowest BCUT2D eigenvalue weighted by Crippen LogP contribution is -2.47. The van der Waals surface area contributed by atoms with E-state index in [9.17, 15) is 14.4 Å². The van der Waals surface area contributed by atoms with Gasteiger partial charge in [-0.1, -0.05) is 20.3 Å². The summed E-state index contributed by atoms with van der Waals surface area (Å²) in [6, 6.07) is -0.780. The zero-order valence-corrected chi connectivity index (χ0v) is 12.7. The van der Waals surface area contributed by atoms with Gasteiger partial charge < -0.3 is 14.8 Å². The molecule has 0 radical (unpaired) electrons. The molecule has 1 rings (SSSR count). The van der Waals surface area contributed by atoms with Crippen molar-refractivity contribution in [3.8, 4) is 0 Å². The first kappa shape index (κ1) is 17.5. The highest BCUT2D eigenvalue weighted by atomic mass is 16.5. The van der Waals surface area contributed by atoms with Gasteiger partial charge >= 0.3 is 11.9 Å². The standard InChI is InChI=1S/C14H19N3O5/c1-4-9(2)12(14(20)21-3)17-11(18)8-22-13(19)10-7-15-5-6-16-10/h5-7,9,12H,4,8H2,1-3H3,(H,17,18)/t9-,12-/m0/s1. The zero-order valence-electron chi connectivity index (χ0n) is 12.7. The summed E-state index contributed by atoms with van der Waals surface area (Å²) in [6.45, 7) is 3.19. The number of nitrogens with one attached hydrogen (secondary N) is 1. The van der Waals surface area contributed by atoms with Crippen LogP contribution in [0.4, 0.5) is 0 Å². The highest BCUT2D eigenvalue weighted by molar-refractivity contribution is 5.90. The highest BCUT2D eigenvalue weighted by Gasteiger charge is 2.27. The average molecular weight is 309 g/mol. The first-order valence-corrected chi connectivity index (χ1v) is 6.79. The molecule has 8 nitrogen and oxygen atoms in total. The van der Waals surface area contributed by atoms with Crippen LogP contribution in [-0.2, 0) is 19.1 Å². The van der Waals surface area contributed by atoms with Crippen molar-refractivity contribution in [3.05, 3.63) is 24.3 Å². The van der Waals surface area contributed by atoms with Crippen molar-refractivity contribution in [2.75, 3.05) is 13.7 Å². The Labute approximate surface area is 128 Å². The van der Waals surface area contributed by atoms with Crippen molar-refractivity contribution >= 4 is 17.8 Å². The fourth-order valence-corrected chi connectivity index (χ4v) is 1.62. The van der Waals surface area contributed by atoms with Crippen LogP contribution in [-0.4, -0.2) is 47.6 Å². The van der Waals surface area contributed by atoms with E-state index in [1.165, 1.54) is 25.7 Å². The maximum atomic E-state index is 11.8. The predicted molar refractivity (Wildman–Crippen MR) is 75.7 cm³/mol. The molecule has 0 aliphatic heterocycles. The molecule has 1 N–H and O–H groups in total. The number of nitrogens with zero attached hydrogens (tertiary/aromatic N) is 2. The number of carbonyl (C=O) groups is 3. The first-order valence-electron chi connectivity index (χ1n) is 6.79. The van der Waals surface area contributed by atoms with E-state index in [0.29, 0.717) is 6.42 Å². The molecule has 1 amide bonds. The Hall–Kier alpha value is -2.51. The van der Waals surface area contributed by atoms with E-state index >= 15 is 0 Å². The molecule has 0 fully saturated rings. The number of carbonyl (C=O) groups excluding carboxylic acids is 3. The summed E-state index contributed by atoms with van der Waals surface area (Å²) in [5, 5.41) is 2.50. The summed E-state index contributed by atoms with van der Waals surface area (Å²) in [4.78, 5) is 42.5. The van der Waals surface area contributed by atoms with Gasteiger partial charge in [0.1, 0.15) is 6.04 Å². The van der Waals surface area contributed by atoms with Gasteiger partial charge in [0, 0.05) is 12.4 Å². The maximum Gasteiger partial charge on any atom is 0.359 e. The molecule has 1 aromatic rings. The minimum atomic E-state index is -0.780. The van der Waals surface area contributed by atoms with Crippen LogP contribution in [0.15, 0.2) is 18.6 Å². The molecule has 0 aliphatic rings. The minimum absolute atomic E-state index is 0.00161. The largest absolute Gasteiger partial charge is 0.467 e. The van der Waals surface area contributed by atoms with Crippen LogP contribution in [0.2, 0.25) is 0 Å². The highest BCUT2D eigenvalue weighted by Crippen LogP contribution is 2.09. The summed E-state index contributed by atoms with van der Waals surface area (Å²) in [5.41, 5.74) is 0.00161. The first-order chi connectivity index (χ1) is 10.5. The van der Waals surface area contributed by atoms with E-state index in [-0.39, 0.29) is 11.6 Å². The van der Waals surface area contributed by atoms with Crippen LogP contribution in [0.25, 0.3) is 0 Å². The van der Waals surface area contributed by atoms with Crippen molar-refractivity contribution in [1.29, 1.82) is 0 Å². The fraction of sp³-hybridized carbons (Fsp3) is 0.500. The number of aromatic nitrogens is 2. The minimum Gasteiger partial charge on any atom is -0.467 e. The van der Waals surface area contributed by atoms with Crippen molar-refractivity contribution in [1.82, 2.24) is 15.3 Å². The number of esters is 2. The van der Waals surface area contributed by atoms with E-state index in [1.54, 1.807) is 0 Å². The molecular formula is C14H19N3O5. The monoisotopic (exact) mass is 309 g/mol. The van der Waals surface area contributed by atoms with Crippen LogP contribution in [0.5, 0.6) is 0 Å². The van der Waals surface area contributed by atoms with Crippen LogP contribution in [0.3, 0.4) is 0 Å². The summed E-state index contributed by atoms with van der Waals surface area (Å²) in [6.07, 6.45) is 4.67. The van der Waals surface area contributed by atoms with Crippen molar-refractivity contribution < 1.29 is 23.9 Å². The smallest absolute Gasteiger partial charge is 0.359 e. The van der Waals surface area contributed by atoms with Gasteiger partial charge in [-0.05, 0) is 5.92 Å². The Morgan fingerprint density at radius 1 is 1.32 bits per heavy atom. The molecule has 0 unspecified atom stereocenters. The van der Waals surface area contributed by atoms with E-state index in [2.05, 4.69) is 20.0 Å². The lowest BCUT2D eigenvalue weighted by Gasteiger charge is -2.21. The Morgan fingerprint density at radius 2 is 2.05 bits per heavy atom. The summed E-state index contributed by atoms with van der Waals surface area (Å²) < 4.78 is 9.46. The maximum absolute atomic E-state index is 11.8. The summed E-state index contributed by atoms with van der Waals surface area (Å²) in [5.74, 6) is -2.00. The zero-order chi connectivity index (χ0) is 16.5. The number of rotatable bonds is 7. The molecule has 0 spiro atoms. The van der Waals surface area contributed by atoms with Gasteiger partial charge in [0.15, 0.2) is 12.3 Å². The third kappa shape index (κ3) is 5.12. The molecule has 1 aromatic heterocycles. The van der Waals surface area contributed by atoms with Gasteiger partial charge in [-0.3, -0.25) is 9.78 Å². The fourth-order valence-electron chi connectivity index (χ4n) is 1.62. The number of ether oxygens (including phenoxy) is 2. The SMILES string of the molecule is CC[C@H](C)[C@H](NC(=O)COC(=O)c1cnccn1)C(=O)OC. The molecule has 120 valence electrons. The molecule has 0 bridgehead atoms. The molecule has 0 saturated heterocycles. The Kier molecular flexibility index (Phi) is 6.94. The van der Waals surface area contributed by atoms with Crippen molar-refractivity contribution in [2.24, 2.45) is 5.92 Å². The molecular weight excluding hydrogens is 290 g/mol. The second-order valence-electron chi connectivity index (χ2n) is 4.62. The van der Waals surface area contributed by atoms with Crippen LogP contribution in [0.1, 0.15) is 30.8 Å². The van der Waals surface area contributed by atoms with Crippen molar-refractivity contribution in [2.45, 2.75) is 26.3 Å². The van der Waals surface area contributed by atoms with Crippen LogP contribution in [0, 0.1) is 5.92 Å². The summed E-state index contributed by atoms with van der Waals surface area (Å²) in [7, 11) is 1.25. The number of hydrogen-bond donors (Lipinski definition) is 1. The Balaban J connectivity index is 2.54. The van der Waals surface area contributed by atoms with Crippen molar-refractivity contribution in [3.63, 3.8) is 0 Å². The second-order valence-corrected chi connectivity index (χ2v) is 4.62. The third-order valence-corrected chi connectivity index (χ3v) is 3.09. The molecule has 0 saturated carbocycles. The number of methoxy groups -OCH3 is 1. The van der Waals surface area contributed by atoms with Gasteiger partial charge in [0.25, 0.3) is 5.91 Å². The number of hydrogen-bond acceptors (Lipinski definition) is 7. The van der Waals surface area contributed by atoms with Gasteiger partial charge in [0.05, 0.1) is 13.3 Å². The van der Waals surface area contributed by atoms with Crippen LogP contribution >= 0.6 is 0 Å². The van der Waals surface area contributed by atoms with Gasteiger partial charge in [-0.2, -0.15) is 0 Å². The predicted octanol–water partition coefficient (Wildman–Crippen LogP) is 0.337. The quantitative estimate of drug-likeness (QED) is 0.723. The molecule has 22 heavy (non-hydrogen) atoms. The second kappa shape index (κ2) is 8.71. The summed E-state index contributed by atoms with van der Waals surface area (Å²) >= 11 is 0. The lowest BCUT2D eigenvalue weighted by molar-refractivity contribution is -0.147. The van der Waals surface area contributed by atoms with E-state index in [0.717, 1.165) is 0 Å². The van der Waals surface area contributed by atoms with Gasteiger partial charge in [-0.15, -0.1) is 0 Å². The topological polar surface area (TPSA) is 107 Å². The third-order valence-electron chi connectivity index (χ3n) is 3.09. The molecule has 0 aromatic carbocycles.